The smallest absolute Gasteiger partial charge is 0.262 e. The Bertz CT molecular complexity index is 766. The number of rotatable bonds is 5. The summed E-state index contributed by atoms with van der Waals surface area (Å²) in [6.45, 7) is -0.233. The SMILES string of the molecule is CNC(=O)c1cccc(NC(=O)COc2ccccc2C#N)c1. The van der Waals surface area contributed by atoms with Crippen molar-refractivity contribution in [2.24, 2.45) is 0 Å². The van der Waals surface area contributed by atoms with Gasteiger partial charge >= 0.3 is 0 Å². The quantitative estimate of drug-likeness (QED) is 0.883. The Morgan fingerprint density at radius 2 is 1.96 bits per heavy atom. The first kappa shape index (κ1) is 16.0. The first-order valence-electron chi connectivity index (χ1n) is 6.88. The molecule has 0 saturated carbocycles. The standard InChI is InChI=1S/C17H15N3O3/c1-19-17(22)12-6-4-7-14(9-12)20-16(21)11-23-15-8-3-2-5-13(15)10-18/h2-9H,11H2,1H3,(H,19,22)(H,20,21). The molecule has 0 fully saturated rings. The summed E-state index contributed by atoms with van der Waals surface area (Å²) in [6.07, 6.45) is 0. The van der Waals surface area contributed by atoms with E-state index in [1.54, 1.807) is 48.5 Å². The van der Waals surface area contributed by atoms with Gasteiger partial charge in [-0.15, -0.1) is 0 Å². The number of hydrogen-bond donors (Lipinski definition) is 2. The molecule has 0 aliphatic carbocycles. The van der Waals surface area contributed by atoms with E-state index in [-0.39, 0.29) is 18.4 Å². The van der Waals surface area contributed by atoms with E-state index in [2.05, 4.69) is 10.6 Å². The minimum atomic E-state index is -0.383. The molecule has 2 aromatic rings. The van der Waals surface area contributed by atoms with E-state index < -0.39 is 0 Å². The van der Waals surface area contributed by atoms with Crippen molar-refractivity contribution in [3.8, 4) is 11.8 Å². The van der Waals surface area contributed by atoms with E-state index in [0.717, 1.165) is 0 Å². The molecular weight excluding hydrogens is 294 g/mol. The average molecular weight is 309 g/mol. The largest absolute Gasteiger partial charge is 0.482 e. The van der Waals surface area contributed by atoms with E-state index in [9.17, 15) is 9.59 Å². The second-order valence-corrected chi connectivity index (χ2v) is 4.60. The van der Waals surface area contributed by atoms with Gasteiger partial charge in [-0.1, -0.05) is 18.2 Å². The number of carbonyl (C=O) groups excluding carboxylic acids is 2. The van der Waals surface area contributed by atoms with Crippen LogP contribution in [0.4, 0.5) is 5.69 Å². The molecule has 0 heterocycles. The lowest BCUT2D eigenvalue weighted by Gasteiger charge is -2.09. The van der Waals surface area contributed by atoms with E-state index in [0.29, 0.717) is 22.6 Å². The maximum Gasteiger partial charge on any atom is 0.262 e. The van der Waals surface area contributed by atoms with E-state index in [4.69, 9.17) is 10.00 Å². The molecule has 2 rings (SSSR count). The third-order valence-corrected chi connectivity index (χ3v) is 3.00. The van der Waals surface area contributed by atoms with Crippen molar-refractivity contribution in [3.05, 3.63) is 59.7 Å². The lowest BCUT2D eigenvalue weighted by molar-refractivity contribution is -0.118. The highest BCUT2D eigenvalue weighted by Crippen LogP contribution is 2.16. The van der Waals surface area contributed by atoms with Crippen LogP contribution in [0.15, 0.2) is 48.5 Å². The Labute approximate surface area is 133 Å². The van der Waals surface area contributed by atoms with Gasteiger partial charge in [-0.25, -0.2) is 0 Å². The van der Waals surface area contributed by atoms with Gasteiger partial charge in [0.05, 0.1) is 5.56 Å². The number of anilines is 1. The van der Waals surface area contributed by atoms with Crippen LogP contribution in [0.5, 0.6) is 5.75 Å². The molecule has 2 amide bonds. The van der Waals surface area contributed by atoms with Crippen molar-refractivity contribution in [1.82, 2.24) is 5.32 Å². The Balaban J connectivity index is 1.98. The van der Waals surface area contributed by atoms with Crippen molar-refractivity contribution in [1.29, 1.82) is 5.26 Å². The van der Waals surface area contributed by atoms with Gasteiger partial charge in [-0.3, -0.25) is 9.59 Å². The predicted molar refractivity (Wildman–Crippen MR) is 85.1 cm³/mol. The predicted octanol–water partition coefficient (Wildman–Crippen LogP) is 1.94. The highest BCUT2D eigenvalue weighted by Gasteiger charge is 2.08. The van der Waals surface area contributed by atoms with Crippen LogP contribution in [0.1, 0.15) is 15.9 Å². The fourth-order valence-corrected chi connectivity index (χ4v) is 1.91. The summed E-state index contributed by atoms with van der Waals surface area (Å²) in [7, 11) is 1.54. The van der Waals surface area contributed by atoms with Gasteiger partial charge in [-0.2, -0.15) is 5.26 Å². The number of nitrogens with one attached hydrogen (secondary N) is 2. The number of benzene rings is 2. The van der Waals surface area contributed by atoms with Crippen LogP contribution < -0.4 is 15.4 Å². The fourth-order valence-electron chi connectivity index (χ4n) is 1.91. The van der Waals surface area contributed by atoms with Crippen LogP contribution in [0.25, 0.3) is 0 Å². The number of nitrogens with zero attached hydrogens (tertiary/aromatic N) is 1. The molecule has 0 radical (unpaired) electrons. The zero-order valence-electron chi connectivity index (χ0n) is 12.5. The Morgan fingerprint density at radius 1 is 1.17 bits per heavy atom. The number of ether oxygens (including phenoxy) is 1. The summed E-state index contributed by atoms with van der Waals surface area (Å²) in [6, 6.07) is 15.2. The van der Waals surface area contributed by atoms with Gasteiger partial charge in [-0.05, 0) is 30.3 Å². The molecule has 6 heteroatoms. The molecule has 2 N–H and O–H groups in total. The van der Waals surface area contributed by atoms with Crippen LogP contribution in [0.3, 0.4) is 0 Å². The second kappa shape index (κ2) is 7.61. The highest BCUT2D eigenvalue weighted by atomic mass is 16.5. The van der Waals surface area contributed by atoms with E-state index >= 15 is 0 Å². The molecule has 0 aliphatic rings. The zero-order chi connectivity index (χ0) is 16.7. The first-order chi connectivity index (χ1) is 11.1. The molecule has 2 aromatic carbocycles. The molecule has 116 valence electrons. The minimum Gasteiger partial charge on any atom is -0.482 e. The monoisotopic (exact) mass is 309 g/mol. The van der Waals surface area contributed by atoms with Crippen molar-refractivity contribution >= 4 is 17.5 Å². The fraction of sp³-hybridized carbons (Fsp3) is 0.118. The van der Waals surface area contributed by atoms with E-state index in [1.165, 1.54) is 7.05 Å². The van der Waals surface area contributed by atoms with Crippen molar-refractivity contribution in [3.63, 3.8) is 0 Å². The molecule has 0 saturated heterocycles. The van der Waals surface area contributed by atoms with Gasteiger partial charge in [0.1, 0.15) is 11.8 Å². The van der Waals surface area contributed by atoms with Gasteiger partial charge in [0.2, 0.25) is 0 Å². The van der Waals surface area contributed by atoms with Gasteiger partial charge in [0.25, 0.3) is 11.8 Å². The summed E-state index contributed by atoms with van der Waals surface area (Å²) in [5.74, 6) is -0.267. The molecular formula is C17H15N3O3. The Kier molecular flexibility index (Phi) is 5.31. The third kappa shape index (κ3) is 4.32. The normalized spacial score (nSPS) is 9.57. The molecule has 0 unspecified atom stereocenters. The summed E-state index contributed by atoms with van der Waals surface area (Å²) < 4.78 is 5.35. The number of nitriles is 1. The maximum atomic E-state index is 11.9. The molecule has 0 bridgehead atoms. The minimum absolute atomic E-state index is 0.233. The molecule has 0 aliphatic heterocycles. The number of para-hydroxylation sites is 1. The second-order valence-electron chi connectivity index (χ2n) is 4.60. The maximum absolute atomic E-state index is 11.9. The van der Waals surface area contributed by atoms with Crippen molar-refractivity contribution in [2.75, 3.05) is 19.0 Å². The molecule has 23 heavy (non-hydrogen) atoms. The lowest BCUT2D eigenvalue weighted by Crippen LogP contribution is -2.21. The zero-order valence-corrected chi connectivity index (χ0v) is 12.5. The third-order valence-electron chi connectivity index (χ3n) is 3.00. The average Bonchev–Trinajstić information content (AvgIpc) is 2.59. The van der Waals surface area contributed by atoms with Crippen LogP contribution in [0, 0.1) is 11.3 Å². The summed E-state index contributed by atoms with van der Waals surface area (Å²) >= 11 is 0. The van der Waals surface area contributed by atoms with Crippen LogP contribution >= 0.6 is 0 Å². The molecule has 6 nitrogen and oxygen atoms in total. The Morgan fingerprint density at radius 3 is 2.70 bits per heavy atom. The summed E-state index contributed by atoms with van der Waals surface area (Å²) in [4.78, 5) is 23.5. The van der Waals surface area contributed by atoms with Gasteiger partial charge < -0.3 is 15.4 Å². The van der Waals surface area contributed by atoms with Crippen molar-refractivity contribution in [2.45, 2.75) is 0 Å². The Hall–Kier alpha value is -3.33. The molecule has 0 aromatic heterocycles. The lowest BCUT2D eigenvalue weighted by atomic mass is 10.2. The van der Waals surface area contributed by atoms with Crippen LogP contribution in [-0.4, -0.2) is 25.5 Å². The first-order valence-corrected chi connectivity index (χ1v) is 6.88. The number of amides is 2. The van der Waals surface area contributed by atoms with E-state index in [1.807, 2.05) is 6.07 Å². The van der Waals surface area contributed by atoms with Crippen LogP contribution in [0.2, 0.25) is 0 Å². The number of carbonyl (C=O) groups is 2. The highest BCUT2D eigenvalue weighted by molar-refractivity contribution is 5.97. The van der Waals surface area contributed by atoms with Crippen LogP contribution in [-0.2, 0) is 4.79 Å². The summed E-state index contributed by atoms with van der Waals surface area (Å²) in [5, 5.41) is 14.1. The topological polar surface area (TPSA) is 91.2 Å². The molecule has 0 atom stereocenters. The number of hydrogen-bond acceptors (Lipinski definition) is 4. The van der Waals surface area contributed by atoms with Gasteiger partial charge in [0, 0.05) is 18.3 Å². The van der Waals surface area contributed by atoms with Gasteiger partial charge in [0.15, 0.2) is 6.61 Å². The van der Waals surface area contributed by atoms with Crippen molar-refractivity contribution < 1.29 is 14.3 Å². The summed E-state index contributed by atoms with van der Waals surface area (Å²) in [5.41, 5.74) is 1.30. The molecule has 0 spiro atoms.